The van der Waals surface area contributed by atoms with Crippen LogP contribution in [0.5, 0.6) is 0 Å². The molecule has 0 unspecified atom stereocenters. The van der Waals surface area contributed by atoms with E-state index >= 15 is 0 Å². The summed E-state index contributed by atoms with van der Waals surface area (Å²) in [6.07, 6.45) is 8.87. The number of benzene rings is 2. The second-order valence-corrected chi connectivity index (χ2v) is 8.23. The molecule has 2 aromatic rings. The van der Waals surface area contributed by atoms with Gasteiger partial charge in [-0.3, -0.25) is 4.79 Å². The number of hydrogen-bond acceptors (Lipinski definition) is 2. The summed E-state index contributed by atoms with van der Waals surface area (Å²) in [5, 5.41) is 0. The smallest absolute Gasteiger partial charge is 0.163 e. The van der Waals surface area contributed by atoms with Crippen molar-refractivity contribution in [2.45, 2.75) is 58.9 Å². The van der Waals surface area contributed by atoms with Crippen LogP contribution in [0, 0.1) is 19.8 Å². The van der Waals surface area contributed by atoms with E-state index in [2.05, 4.69) is 40.2 Å². The largest absolute Gasteiger partial charge is 0.361 e. The van der Waals surface area contributed by atoms with Crippen molar-refractivity contribution < 1.29 is 4.79 Å². The van der Waals surface area contributed by atoms with Gasteiger partial charge < -0.3 is 4.90 Å². The molecule has 3 heteroatoms. The average molecular weight is 377 g/mol. The van der Waals surface area contributed by atoms with Gasteiger partial charge in [-0.1, -0.05) is 62.4 Å². The zero-order valence-electron chi connectivity index (χ0n) is 17.4. The number of ketones is 1. The van der Waals surface area contributed by atoms with Crippen LogP contribution in [0.1, 0.15) is 65.6 Å². The van der Waals surface area contributed by atoms with Gasteiger partial charge in [0, 0.05) is 25.6 Å². The molecule has 0 aliphatic heterocycles. The van der Waals surface area contributed by atoms with Crippen LogP contribution in [-0.2, 0) is 6.54 Å². The average Bonchev–Trinajstić information content (AvgIpc) is 2.70. The molecule has 0 bridgehead atoms. The lowest BCUT2D eigenvalue weighted by molar-refractivity contribution is 0.0949. The lowest BCUT2D eigenvalue weighted by Crippen LogP contribution is -2.15. The second kappa shape index (κ2) is 9.68. The number of carbonyl (C=O) groups is 1. The molecule has 0 saturated heterocycles. The molecule has 28 heavy (non-hydrogen) atoms. The Labute approximate surface area is 169 Å². The van der Waals surface area contributed by atoms with Gasteiger partial charge in [0.2, 0.25) is 0 Å². The molecule has 3 nitrogen and oxygen atoms in total. The second-order valence-electron chi connectivity index (χ2n) is 8.23. The van der Waals surface area contributed by atoms with E-state index in [1.165, 1.54) is 37.7 Å². The highest BCUT2D eigenvalue weighted by atomic mass is 16.1. The molecule has 148 valence electrons. The Morgan fingerprint density at radius 2 is 1.79 bits per heavy atom. The van der Waals surface area contributed by atoms with Gasteiger partial charge >= 0.3 is 0 Å². The molecule has 1 aliphatic rings. The minimum Gasteiger partial charge on any atom is -0.361 e. The van der Waals surface area contributed by atoms with Crippen LogP contribution in [0.2, 0.25) is 0 Å². The summed E-state index contributed by atoms with van der Waals surface area (Å²) in [5.41, 5.74) is 5.16. The molecular formula is C25H32N2O. The topological polar surface area (TPSA) is 32.7 Å². The van der Waals surface area contributed by atoms with Crippen molar-refractivity contribution in [1.82, 2.24) is 4.90 Å². The van der Waals surface area contributed by atoms with Crippen LogP contribution >= 0.6 is 0 Å². The fourth-order valence-corrected chi connectivity index (χ4v) is 4.08. The minimum absolute atomic E-state index is 0.296. The number of aryl methyl sites for hydroxylation is 2. The molecule has 0 radical (unpaired) electrons. The van der Waals surface area contributed by atoms with Crippen molar-refractivity contribution in [3.8, 4) is 0 Å². The van der Waals surface area contributed by atoms with E-state index in [0.29, 0.717) is 18.1 Å². The van der Waals surface area contributed by atoms with Gasteiger partial charge in [0.1, 0.15) is 0 Å². The first-order chi connectivity index (χ1) is 13.5. The Bertz CT molecular complexity index is 820. The molecule has 0 heterocycles. The standard InChI is InChI=1S/C25H32N2O/c1-19-15-24(26-18-27(3)17-22-12-8-5-9-13-22)20(2)14-23(19)25(28)16-21-10-6-4-7-11-21/h5,8-9,12-15,18,21H,4,6-7,10-11,16-17H2,1-3H3. The first kappa shape index (κ1) is 20.3. The summed E-state index contributed by atoms with van der Waals surface area (Å²) in [5.74, 6) is 0.870. The molecular weight excluding hydrogens is 344 g/mol. The van der Waals surface area contributed by atoms with Gasteiger partial charge in [0.05, 0.1) is 12.0 Å². The Morgan fingerprint density at radius 3 is 2.50 bits per heavy atom. The van der Waals surface area contributed by atoms with Gasteiger partial charge in [-0.2, -0.15) is 0 Å². The Balaban J connectivity index is 1.66. The Hall–Kier alpha value is -2.42. The number of rotatable bonds is 7. The van der Waals surface area contributed by atoms with E-state index in [9.17, 15) is 4.79 Å². The molecule has 1 aliphatic carbocycles. The summed E-state index contributed by atoms with van der Waals surface area (Å²) in [6, 6.07) is 14.5. The van der Waals surface area contributed by atoms with E-state index in [0.717, 1.165) is 28.9 Å². The van der Waals surface area contributed by atoms with Gasteiger partial charge in [0.15, 0.2) is 5.78 Å². The first-order valence-corrected chi connectivity index (χ1v) is 10.5. The molecule has 0 atom stereocenters. The quantitative estimate of drug-likeness (QED) is 0.325. The van der Waals surface area contributed by atoms with Gasteiger partial charge in [-0.25, -0.2) is 4.99 Å². The normalized spacial score (nSPS) is 15.1. The van der Waals surface area contributed by atoms with Crippen LogP contribution < -0.4 is 0 Å². The van der Waals surface area contributed by atoms with Gasteiger partial charge in [-0.15, -0.1) is 0 Å². The highest BCUT2D eigenvalue weighted by molar-refractivity contribution is 5.98. The van der Waals surface area contributed by atoms with Crippen LogP contribution in [0.3, 0.4) is 0 Å². The third kappa shape index (κ3) is 5.54. The number of Topliss-reactive ketones (excluding diaryl/α,β-unsaturated/α-hetero) is 1. The highest BCUT2D eigenvalue weighted by Gasteiger charge is 2.19. The zero-order valence-corrected chi connectivity index (χ0v) is 17.4. The Morgan fingerprint density at radius 1 is 1.07 bits per heavy atom. The molecule has 1 saturated carbocycles. The summed E-state index contributed by atoms with van der Waals surface area (Å²) in [7, 11) is 2.03. The van der Waals surface area contributed by atoms with Crippen LogP contribution in [0.4, 0.5) is 5.69 Å². The predicted octanol–water partition coefficient (Wildman–Crippen LogP) is 6.25. The van der Waals surface area contributed by atoms with Crippen LogP contribution in [0.15, 0.2) is 47.5 Å². The number of hydrogen-bond donors (Lipinski definition) is 0. The van der Waals surface area contributed by atoms with Gasteiger partial charge in [0.25, 0.3) is 0 Å². The SMILES string of the molecule is Cc1cc(C(=O)CC2CCCCC2)c(C)cc1N=CN(C)Cc1ccccc1. The number of carbonyl (C=O) groups excluding carboxylic acids is 1. The third-order valence-corrected chi connectivity index (χ3v) is 5.71. The van der Waals surface area contributed by atoms with Crippen molar-refractivity contribution >= 4 is 17.8 Å². The minimum atomic E-state index is 0.296. The number of aliphatic imine (C=N–C) groups is 1. The summed E-state index contributed by atoms with van der Waals surface area (Å²) >= 11 is 0. The van der Waals surface area contributed by atoms with Crippen molar-refractivity contribution in [2.24, 2.45) is 10.9 Å². The monoisotopic (exact) mass is 376 g/mol. The van der Waals surface area contributed by atoms with Crippen molar-refractivity contribution in [1.29, 1.82) is 0 Å². The molecule has 2 aromatic carbocycles. The van der Waals surface area contributed by atoms with E-state index < -0.39 is 0 Å². The fraction of sp³-hybridized carbons (Fsp3) is 0.440. The lowest BCUT2D eigenvalue weighted by Gasteiger charge is -2.21. The van der Waals surface area contributed by atoms with Crippen molar-refractivity contribution in [3.63, 3.8) is 0 Å². The van der Waals surface area contributed by atoms with Crippen LogP contribution in [0.25, 0.3) is 0 Å². The maximum absolute atomic E-state index is 12.8. The van der Waals surface area contributed by atoms with E-state index in [-0.39, 0.29) is 0 Å². The molecule has 0 aromatic heterocycles. The van der Waals surface area contributed by atoms with Crippen LogP contribution in [-0.4, -0.2) is 24.1 Å². The first-order valence-electron chi connectivity index (χ1n) is 10.5. The number of nitrogens with zero attached hydrogens (tertiary/aromatic N) is 2. The highest BCUT2D eigenvalue weighted by Crippen LogP contribution is 2.30. The molecule has 3 rings (SSSR count). The van der Waals surface area contributed by atoms with E-state index in [1.54, 1.807) is 0 Å². The predicted molar refractivity (Wildman–Crippen MR) is 117 cm³/mol. The molecule has 0 amide bonds. The van der Waals surface area contributed by atoms with Crippen molar-refractivity contribution in [3.05, 3.63) is 64.7 Å². The summed E-state index contributed by atoms with van der Waals surface area (Å²) < 4.78 is 0. The fourth-order valence-electron chi connectivity index (χ4n) is 4.08. The molecule has 0 N–H and O–H groups in total. The maximum Gasteiger partial charge on any atom is 0.163 e. The summed E-state index contributed by atoms with van der Waals surface area (Å²) in [4.78, 5) is 19.6. The molecule has 0 spiro atoms. The van der Waals surface area contributed by atoms with E-state index in [1.807, 2.05) is 39.4 Å². The maximum atomic E-state index is 12.8. The van der Waals surface area contributed by atoms with E-state index in [4.69, 9.17) is 0 Å². The summed E-state index contributed by atoms with van der Waals surface area (Å²) in [6.45, 7) is 4.89. The lowest BCUT2D eigenvalue weighted by atomic mass is 9.84. The molecule has 1 fully saturated rings. The van der Waals surface area contributed by atoms with Crippen molar-refractivity contribution in [2.75, 3.05) is 7.05 Å². The van der Waals surface area contributed by atoms with Gasteiger partial charge in [-0.05, 0) is 48.6 Å². The third-order valence-electron chi connectivity index (χ3n) is 5.71. The Kier molecular flexibility index (Phi) is 7.02. The zero-order chi connectivity index (χ0) is 19.9.